The fourth-order valence-corrected chi connectivity index (χ4v) is 3.15. The number of fused-ring (bicyclic) bond motifs is 1. The van der Waals surface area contributed by atoms with Gasteiger partial charge in [-0.2, -0.15) is 0 Å². The molecule has 2 aromatic carbocycles. The molecule has 0 saturated heterocycles. The van der Waals surface area contributed by atoms with Crippen LogP contribution in [0.5, 0.6) is 5.75 Å². The Labute approximate surface area is 163 Å². The lowest BCUT2D eigenvalue weighted by Gasteiger charge is -2.16. The molecular weight excluding hydrogens is 356 g/mol. The molecule has 3 rings (SSSR count). The maximum Gasteiger partial charge on any atom is 0.347 e. The predicted octanol–water partition coefficient (Wildman–Crippen LogP) is 4.41. The van der Waals surface area contributed by atoms with Gasteiger partial charge in [-0.3, -0.25) is 0 Å². The van der Waals surface area contributed by atoms with E-state index in [-0.39, 0.29) is 5.63 Å². The Morgan fingerprint density at radius 2 is 1.86 bits per heavy atom. The highest BCUT2D eigenvalue weighted by Crippen LogP contribution is 2.26. The number of hydrogen-bond acceptors (Lipinski definition) is 5. The van der Waals surface area contributed by atoms with Gasteiger partial charge in [0.1, 0.15) is 11.3 Å². The van der Waals surface area contributed by atoms with E-state index in [0.717, 1.165) is 16.5 Å². The van der Waals surface area contributed by atoms with Gasteiger partial charge in [0.05, 0.1) is 6.61 Å². The van der Waals surface area contributed by atoms with Crippen LogP contribution >= 0.6 is 0 Å². The second kappa shape index (κ2) is 8.74. The van der Waals surface area contributed by atoms with Gasteiger partial charge >= 0.3 is 11.6 Å². The van der Waals surface area contributed by atoms with Crippen molar-refractivity contribution in [1.82, 2.24) is 0 Å². The molecule has 0 bridgehead atoms. The van der Waals surface area contributed by atoms with Crippen molar-refractivity contribution < 1.29 is 18.7 Å². The van der Waals surface area contributed by atoms with Crippen molar-refractivity contribution in [2.45, 2.75) is 39.7 Å². The molecule has 0 spiro atoms. The van der Waals surface area contributed by atoms with Crippen LogP contribution in [-0.2, 0) is 16.0 Å². The summed E-state index contributed by atoms with van der Waals surface area (Å²) in [6, 6.07) is 15.1. The fourth-order valence-electron chi connectivity index (χ4n) is 3.15. The number of hydrogen-bond donors (Lipinski definition) is 0. The van der Waals surface area contributed by atoms with Gasteiger partial charge in [0.2, 0.25) is 0 Å². The Kier molecular flexibility index (Phi) is 6.14. The van der Waals surface area contributed by atoms with Gasteiger partial charge in [-0.1, -0.05) is 37.3 Å². The average Bonchev–Trinajstić information content (AvgIpc) is 2.70. The number of rotatable bonds is 7. The number of carbonyl (C=O) groups excluding carboxylic acids is 1. The van der Waals surface area contributed by atoms with Gasteiger partial charge in [0, 0.05) is 23.4 Å². The molecule has 5 nitrogen and oxygen atoms in total. The first-order valence-corrected chi connectivity index (χ1v) is 9.47. The standard InChI is InChI=1S/C23H24O5/c1-4-20(23(25)26-5-2)27-17-11-12-18-15(3)19(22(24)28-21(18)14-17)13-16-9-7-6-8-10-16/h6-12,14,20H,4-5,13H2,1-3H3/t20-/m0/s1. The minimum absolute atomic E-state index is 0.300. The monoisotopic (exact) mass is 380 g/mol. The maximum absolute atomic E-state index is 12.6. The Bertz CT molecular complexity index is 1020. The van der Waals surface area contributed by atoms with Crippen LogP contribution in [0.25, 0.3) is 11.0 Å². The van der Waals surface area contributed by atoms with Gasteiger partial charge in [0.15, 0.2) is 6.10 Å². The molecule has 0 unspecified atom stereocenters. The number of aryl methyl sites for hydroxylation is 1. The van der Waals surface area contributed by atoms with Crippen molar-refractivity contribution in [2.75, 3.05) is 6.61 Å². The van der Waals surface area contributed by atoms with Crippen molar-refractivity contribution >= 4 is 16.9 Å². The molecule has 1 aromatic heterocycles. The summed E-state index contributed by atoms with van der Waals surface area (Å²) in [6.45, 7) is 5.83. The fraction of sp³-hybridized carbons (Fsp3) is 0.304. The topological polar surface area (TPSA) is 65.7 Å². The molecule has 0 aliphatic rings. The van der Waals surface area contributed by atoms with Crippen LogP contribution in [-0.4, -0.2) is 18.7 Å². The van der Waals surface area contributed by atoms with Crippen LogP contribution in [0.1, 0.15) is 37.0 Å². The zero-order valence-corrected chi connectivity index (χ0v) is 16.4. The van der Waals surface area contributed by atoms with Crippen LogP contribution in [0.2, 0.25) is 0 Å². The summed E-state index contributed by atoms with van der Waals surface area (Å²) in [5.74, 6) is 0.0618. The molecule has 0 aliphatic heterocycles. The van der Waals surface area contributed by atoms with Crippen molar-refractivity contribution in [2.24, 2.45) is 0 Å². The van der Waals surface area contributed by atoms with Gasteiger partial charge < -0.3 is 13.9 Å². The smallest absolute Gasteiger partial charge is 0.347 e. The normalized spacial score (nSPS) is 12.0. The van der Waals surface area contributed by atoms with E-state index < -0.39 is 12.1 Å². The van der Waals surface area contributed by atoms with Crippen molar-refractivity contribution in [3.05, 3.63) is 75.6 Å². The minimum atomic E-state index is -0.692. The highest BCUT2D eigenvalue weighted by Gasteiger charge is 2.20. The summed E-state index contributed by atoms with van der Waals surface area (Å²) in [4.78, 5) is 24.5. The number of esters is 1. The molecule has 3 aromatic rings. The molecule has 28 heavy (non-hydrogen) atoms. The van der Waals surface area contributed by atoms with E-state index in [1.807, 2.05) is 50.2 Å². The Morgan fingerprint density at radius 3 is 2.54 bits per heavy atom. The van der Waals surface area contributed by atoms with Crippen molar-refractivity contribution in [3.63, 3.8) is 0 Å². The Hall–Kier alpha value is -3.08. The highest BCUT2D eigenvalue weighted by atomic mass is 16.6. The average molecular weight is 380 g/mol. The molecule has 0 radical (unpaired) electrons. The van der Waals surface area contributed by atoms with Gasteiger partial charge in [0.25, 0.3) is 0 Å². The van der Waals surface area contributed by atoms with Crippen LogP contribution in [0.15, 0.2) is 57.7 Å². The molecule has 5 heteroatoms. The van der Waals surface area contributed by atoms with E-state index in [1.165, 1.54) is 0 Å². The number of carbonyl (C=O) groups is 1. The summed E-state index contributed by atoms with van der Waals surface area (Å²) < 4.78 is 16.3. The molecule has 0 aliphatic carbocycles. The zero-order valence-electron chi connectivity index (χ0n) is 16.4. The number of ether oxygens (including phenoxy) is 2. The van der Waals surface area contributed by atoms with Crippen LogP contribution in [0.4, 0.5) is 0 Å². The summed E-state index contributed by atoms with van der Waals surface area (Å²) in [7, 11) is 0. The van der Waals surface area contributed by atoms with Gasteiger partial charge in [-0.05, 0) is 43.5 Å². The lowest BCUT2D eigenvalue weighted by Crippen LogP contribution is -2.28. The zero-order chi connectivity index (χ0) is 20.1. The lowest BCUT2D eigenvalue weighted by atomic mass is 10.00. The second-order valence-corrected chi connectivity index (χ2v) is 6.58. The first-order chi connectivity index (χ1) is 13.5. The van der Waals surface area contributed by atoms with E-state index in [2.05, 4.69) is 0 Å². The highest BCUT2D eigenvalue weighted by molar-refractivity contribution is 5.82. The summed E-state index contributed by atoms with van der Waals surface area (Å²) in [5.41, 5.74) is 2.67. The van der Waals surface area contributed by atoms with E-state index in [4.69, 9.17) is 13.9 Å². The van der Waals surface area contributed by atoms with Crippen molar-refractivity contribution in [1.29, 1.82) is 0 Å². The lowest BCUT2D eigenvalue weighted by molar-refractivity contribution is -0.151. The third-order valence-corrected chi connectivity index (χ3v) is 4.68. The number of benzene rings is 2. The minimum Gasteiger partial charge on any atom is -0.479 e. The van der Waals surface area contributed by atoms with E-state index in [9.17, 15) is 9.59 Å². The largest absolute Gasteiger partial charge is 0.479 e. The Balaban J connectivity index is 1.92. The molecule has 0 amide bonds. The van der Waals surface area contributed by atoms with Gasteiger partial charge in [-0.25, -0.2) is 9.59 Å². The summed E-state index contributed by atoms with van der Waals surface area (Å²) in [6.07, 6.45) is 0.308. The molecule has 0 saturated carbocycles. The van der Waals surface area contributed by atoms with Crippen LogP contribution in [0, 0.1) is 6.92 Å². The SMILES string of the molecule is CCOC(=O)[C@H](CC)Oc1ccc2c(C)c(Cc3ccccc3)c(=O)oc2c1. The first-order valence-electron chi connectivity index (χ1n) is 9.47. The maximum atomic E-state index is 12.6. The molecular formula is C23H24O5. The Morgan fingerprint density at radius 1 is 1.11 bits per heavy atom. The molecule has 1 atom stereocenters. The second-order valence-electron chi connectivity index (χ2n) is 6.58. The molecule has 146 valence electrons. The molecule has 1 heterocycles. The van der Waals surface area contributed by atoms with Crippen molar-refractivity contribution in [3.8, 4) is 5.75 Å². The molecule has 0 fully saturated rings. The van der Waals surface area contributed by atoms with Crippen LogP contribution in [0.3, 0.4) is 0 Å². The van der Waals surface area contributed by atoms with E-state index in [1.54, 1.807) is 19.1 Å². The summed E-state index contributed by atoms with van der Waals surface area (Å²) >= 11 is 0. The quantitative estimate of drug-likeness (QED) is 0.449. The summed E-state index contributed by atoms with van der Waals surface area (Å²) in [5, 5.41) is 0.849. The first kappa shape index (κ1) is 19.7. The third-order valence-electron chi connectivity index (χ3n) is 4.68. The van der Waals surface area contributed by atoms with Crippen LogP contribution < -0.4 is 10.4 Å². The molecule has 0 N–H and O–H groups in total. The van der Waals surface area contributed by atoms with Gasteiger partial charge in [-0.15, -0.1) is 0 Å². The third kappa shape index (κ3) is 4.25. The van der Waals surface area contributed by atoms with E-state index in [0.29, 0.717) is 36.3 Å². The predicted molar refractivity (Wildman–Crippen MR) is 108 cm³/mol. The van der Waals surface area contributed by atoms with E-state index >= 15 is 0 Å².